The first-order chi connectivity index (χ1) is 10.9. The fourth-order valence-electron chi connectivity index (χ4n) is 2.97. The summed E-state index contributed by atoms with van der Waals surface area (Å²) in [5.74, 6) is 6.39. The van der Waals surface area contributed by atoms with E-state index in [2.05, 4.69) is 25.7 Å². The van der Waals surface area contributed by atoms with Crippen molar-refractivity contribution in [2.75, 3.05) is 0 Å². The van der Waals surface area contributed by atoms with Gasteiger partial charge in [0.1, 0.15) is 0 Å². The van der Waals surface area contributed by atoms with Gasteiger partial charge >= 0.3 is 0 Å². The summed E-state index contributed by atoms with van der Waals surface area (Å²) in [5, 5.41) is 0. The highest BCUT2D eigenvalue weighted by atomic mass is 14.0. The van der Waals surface area contributed by atoms with E-state index in [1.165, 1.54) is 103 Å². The van der Waals surface area contributed by atoms with Gasteiger partial charge in [0, 0.05) is 12.8 Å². The Morgan fingerprint density at radius 2 is 0.773 bits per heavy atom. The lowest BCUT2D eigenvalue weighted by Crippen LogP contribution is -1.83. The van der Waals surface area contributed by atoms with Crippen LogP contribution >= 0.6 is 0 Å². The fourth-order valence-corrected chi connectivity index (χ4v) is 2.97. The summed E-state index contributed by atoms with van der Waals surface area (Å²) in [5.41, 5.74) is 0. The van der Waals surface area contributed by atoms with Crippen molar-refractivity contribution in [1.82, 2.24) is 0 Å². The predicted octanol–water partition coefficient (Wildman–Crippen LogP) is 8.05. The standard InChI is InChI=1S/C22H42/c1-3-5-7-9-11-13-15-17-19-21-22-20-18-16-14-12-10-8-6-4-2/h3-5,7,9-22H2,1-2H3. The molecule has 0 radical (unpaired) electrons. The van der Waals surface area contributed by atoms with Crippen LogP contribution in [0.1, 0.15) is 129 Å². The molecule has 0 rings (SSSR count). The van der Waals surface area contributed by atoms with Gasteiger partial charge in [0.25, 0.3) is 0 Å². The van der Waals surface area contributed by atoms with Gasteiger partial charge in [-0.05, 0) is 6.42 Å². The summed E-state index contributed by atoms with van der Waals surface area (Å²) in [4.78, 5) is 0. The molecular weight excluding hydrogens is 264 g/mol. The minimum absolute atomic E-state index is 1.01. The largest absolute Gasteiger partial charge is 0.104 e. The lowest BCUT2D eigenvalue weighted by molar-refractivity contribution is 0.530. The van der Waals surface area contributed by atoms with Gasteiger partial charge in [-0.3, -0.25) is 0 Å². The van der Waals surface area contributed by atoms with Gasteiger partial charge in [-0.25, -0.2) is 0 Å². The molecule has 0 nitrogen and oxygen atoms in total. The van der Waals surface area contributed by atoms with Crippen molar-refractivity contribution in [2.45, 2.75) is 129 Å². The molecule has 0 heterocycles. The van der Waals surface area contributed by atoms with Crippen LogP contribution in [-0.4, -0.2) is 0 Å². The summed E-state index contributed by atoms with van der Waals surface area (Å²) in [6, 6.07) is 0. The van der Waals surface area contributed by atoms with Crippen molar-refractivity contribution in [3.63, 3.8) is 0 Å². The molecule has 0 fully saturated rings. The van der Waals surface area contributed by atoms with E-state index < -0.39 is 0 Å². The Balaban J connectivity index is 2.97. The van der Waals surface area contributed by atoms with E-state index in [1.807, 2.05) is 0 Å². The Labute approximate surface area is 141 Å². The average Bonchev–Trinajstić information content (AvgIpc) is 2.54. The molecule has 0 aromatic carbocycles. The molecule has 0 aliphatic heterocycles. The molecule has 22 heavy (non-hydrogen) atoms. The third-order valence-electron chi connectivity index (χ3n) is 4.46. The third-order valence-corrected chi connectivity index (χ3v) is 4.46. The molecule has 0 amide bonds. The van der Waals surface area contributed by atoms with E-state index in [0.29, 0.717) is 0 Å². The van der Waals surface area contributed by atoms with Gasteiger partial charge in [-0.2, -0.15) is 0 Å². The van der Waals surface area contributed by atoms with Crippen molar-refractivity contribution in [2.24, 2.45) is 0 Å². The van der Waals surface area contributed by atoms with Crippen molar-refractivity contribution in [3.8, 4) is 11.8 Å². The first-order valence-corrected chi connectivity index (χ1v) is 10.4. The molecule has 0 aliphatic carbocycles. The lowest BCUT2D eigenvalue weighted by atomic mass is 10.0. The predicted molar refractivity (Wildman–Crippen MR) is 102 cm³/mol. The normalized spacial score (nSPS) is 10.5. The maximum atomic E-state index is 3.23. The number of hydrogen-bond donors (Lipinski definition) is 0. The number of unbranched alkanes of at least 4 members (excludes halogenated alkanes) is 16. The van der Waals surface area contributed by atoms with Gasteiger partial charge in [-0.1, -0.05) is 110 Å². The van der Waals surface area contributed by atoms with Gasteiger partial charge in [-0.15, -0.1) is 11.8 Å². The van der Waals surface area contributed by atoms with E-state index in [1.54, 1.807) is 0 Å². The fraction of sp³-hybridized carbons (Fsp3) is 0.909. The molecule has 0 aliphatic rings. The van der Waals surface area contributed by atoms with Crippen molar-refractivity contribution in [1.29, 1.82) is 0 Å². The minimum Gasteiger partial charge on any atom is -0.104 e. The second-order valence-corrected chi connectivity index (χ2v) is 6.76. The summed E-state index contributed by atoms with van der Waals surface area (Å²) in [6.45, 7) is 4.42. The topological polar surface area (TPSA) is 0 Å². The Hall–Kier alpha value is -0.440. The zero-order chi connectivity index (χ0) is 16.1. The molecule has 0 atom stereocenters. The first-order valence-electron chi connectivity index (χ1n) is 10.4. The molecule has 0 bridgehead atoms. The van der Waals surface area contributed by atoms with E-state index in [4.69, 9.17) is 0 Å². The Bertz CT molecular complexity index is 242. The molecule has 0 heteroatoms. The molecule has 0 spiro atoms. The SMILES string of the molecule is CCC#CCCCCCCCCCCCCCCCCCC. The molecule has 0 saturated heterocycles. The van der Waals surface area contributed by atoms with Crippen LogP contribution in [0.5, 0.6) is 0 Å². The second kappa shape index (κ2) is 20.6. The molecule has 0 aromatic rings. The average molecular weight is 307 g/mol. The monoisotopic (exact) mass is 306 g/mol. The van der Waals surface area contributed by atoms with Crippen LogP contribution in [0.4, 0.5) is 0 Å². The minimum atomic E-state index is 1.01. The van der Waals surface area contributed by atoms with Crippen molar-refractivity contribution >= 4 is 0 Å². The molecule has 130 valence electrons. The van der Waals surface area contributed by atoms with E-state index in [-0.39, 0.29) is 0 Å². The number of rotatable bonds is 16. The smallest absolute Gasteiger partial charge is 0.00886 e. The highest BCUT2D eigenvalue weighted by molar-refractivity contribution is 4.97. The maximum absolute atomic E-state index is 3.23. The second-order valence-electron chi connectivity index (χ2n) is 6.76. The summed E-state index contributed by atoms with van der Waals surface area (Å²) >= 11 is 0. The summed E-state index contributed by atoms with van der Waals surface area (Å²) < 4.78 is 0. The van der Waals surface area contributed by atoms with Gasteiger partial charge in [0.15, 0.2) is 0 Å². The van der Waals surface area contributed by atoms with Crippen LogP contribution < -0.4 is 0 Å². The van der Waals surface area contributed by atoms with E-state index >= 15 is 0 Å². The highest BCUT2D eigenvalue weighted by Gasteiger charge is 1.94. The van der Waals surface area contributed by atoms with Gasteiger partial charge in [0.2, 0.25) is 0 Å². The van der Waals surface area contributed by atoms with E-state index in [9.17, 15) is 0 Å². The zero-order valence-corrected chi connectivity index (χ0v) is 15.7. The van der Waals surface area contributed by atoms with Crippen molar-refractivity contribution < 1.29 is 0 Å². The Morgan fingerprint density at radius 1 is 0.409 bits per heavy atom. The quantitative estimate of drug-likeness (QED) is 0.200. The third kappa shape index (κ3) is 19.6. The van der Waals surface area contributed by atoms with Crippen LogP contribution in [0, 0.1) is 11.8 Å². The van der Waals surface area contributed by atoms with E-state index in [0.717, 1.165) is 12.8 Å². The Morgan fingerprint density at radius 3 is 1.14 bits per heavy atom. The van der Waals surface area contributed by atoms with Gasteiger partial charge in [0.05, 0.1) is 0 Å². The van der Waals surface area contributed by atoms with Crippen molar-refractivity contribution in [3.05, 3.63) is 0 Å². The van der Waals surface area contributed by atoms with Gasteiger partial charge < -0.3 is 0 Å². The highest BCUT2D eigenvalue weighted by Crippen LogP contribution is 2.13. The van der Waals surface area contributed by atoms with Crippen LogP contribution in [0.2, 0.25) is 0 Å². The number of hydrogen-bond acceptors (Lipinski definition) is 0. The van der Waals surface area contributed by atoms with Crippen LogP contribution in [0.3, 0.4) is 0 Å². The van der Waals surface area contributed by atoms with Crippen LogP contribution in [0.25, 0.3) is 0 Å². The first kappa shape index (κ1) is 21.6. The zero-order valence-electron chi connectivity index (χ0n) is 15.7. The molecule has 0 aromatic heterocycles. The van der Waals surface area contributed by atoms with Crippen LogP contribution in [-0.2, 0) is 0 Å². The molecular formula is C22H42. The molecule has 0 saturated carbocycles. The maximum Gasteiger partial charge on any atom is 0.00886 e. The molecule has 0 unspecified atom stereocenters. The lowest BCUT2D eigenvalue weighted by Gasteiger charge is -2.03. The summed E-state index contributed by atoms with van der Waals surface area (Å²) in [6.07, 6.45) is 25.2. The van der Waals surface area contributed by atoms with Crippen LogP contribution in [0.15, 0.2) is 0 Å². The Kier molecular flexibility index (Phi) is 20.1. The summed E-state index contributed by atoms with van der Waals surface area (Å²) in [7, 11) is 0. The molecule has 0 N–H and O–H groups in total.